The van der Waals surface area contributed by atoms with Crippen molar-refractivity contribution in [3.8, 4) is 5.75 Å². The summed E-state index contributed by atoms with van der Waals surface area (Å²) in [7, 11) is 5.04. The lowest BCUT2D eigenvalue weighted by atomic mass is 9.86. The number of halogens is 1. The van der Waals surface area contributed by atoms with E-state index in [1.807, 2.05) is 24.3 Å². The first-order valence-corrected chi connectivity index (χ1v) is 10.6. The van der Waals surface area contributed by atoms with Crippen LogP contribution in [0.3, 0.4) is 0 Å². The zero-order chi connectivity index (χ0) is 21.1. The zero-order valence-electron chi connectivity index (χ0n) is 18.0. The molecule has 0 atom stereocenters. The molecule has 0 N–H and O–H groups in total. The Bertz CT molecular complexity index is 915. The molecule has 1 aliphatic carbocycles. The Morgan fingerprint density at radius 1 is 0.967 bits per heavy atom. The van der Waals surface area contributed by atoms with E-state index in [2.05, 4.69) is 17.0 Å². The van der Waals surface area contributed by atoms with Gasteiger partial charge >= 0.3 is 0 Å². The summed E-state index contributed by atoms with van der Waals surface area (Å²) in [6.45, 7) is 1.75. The Morgan fingerprint density at radius 3 is 2.37 bits per heavy atom. The van der Waals surface area contributed by atoms with Gasteiger partial charge in [-0.2, -0.15) is 0 Å². The van der Waals surface area contributed by atoms with Gasteiger partial charge in [-0.05, 0) is 72.7 Å². The maximum absolute atomic E-state index is 15.2. The third-order valence-electron chi connectivity index (χ3n) is 6.36. The summed E-state index contributed by atoms with van der Waals surface area (Å²) >= 11 is 0. The van der Waals surface area contributed by atoms with Gasteiger partial charge in [-0.3, -0.25) is 0 Å². The Labute approximate surface area is 178 Å². The van der Waals surface area contributed by atoms with Crippen LogP contribution in [0.25, 0.3) is 5.57 Å². The van der Waals surface area contributed by atoms with Crippen molar-refractivity contribution in [2.45, 2.75) is 32.0 Å². The number of aryl methyl sites for hydroxylation is 1. The minimum absolute atomic E-state index is 0.164. The van der Waals surface area contributed by atoms with Crippen LogP contribution >= 0.6 is 0 Å². The number of benzene rings is 2. The number of fused-ring (bicyclic) bond motifs is 1. The van der Waals surface area contributed by atoms with Crippen LogP contribution in [0.5, 0.6) is 5.75 Å². The van der Waals surface area contributed by atoms with Crippen molar-refractivity contribution in [3.05, 3.63) is 65.0 Å². The van der Waals surface area contributed by atoms with E-state index in [-0.39, 0.29) is 12.1 Å². The van der Waals surface area contributed by atoms with Crippen LogP contribution in [0.15, 0.2) is 42.5 Å². The van der Waals surface area contributed by atoms with Crippen LogP contribution in [0.1, 0.15) is 36.0 Å². The van der Waals surface area contributed by atoms with Gasteiger partial charge in [-0.15, -0.1) is 0 Å². The van der Waals surface area contributed by atoms with Crippen LogP contribution in [0.2, 0.25) is 0 Å². The van der Waals surface area contributed by atoms with Crippen LogP contribution in [-0.4, -0.2) is 40.7 Å². The molecule has 30 heavy (non-hydrogen) atoms. The first-order chi connectivity index (χ1) is 14.6. The highest BCUT2D eigenvalue weighted by atomic mass is 19.1. The standard InChI is InChI=1S/C25H30FNO3/c1-28-20-8-10-21-18(15-20)5-4-6-22(21)23-9-7-19(16-24(23)26)27-13-11-17(12-14-27)25(29-2)30-3/h6-10,15-17,25H,4-5,11-14H2,1-3H3. The van der Waals surface area contributed by atoms with Crippen LogP contribution in [0, 0.1) is 11.7 Å². The monoisotopic (exact) mass is 411 g/mol. The Balaban J connectivity index is 1.52. The molecule has 2 aromatic carbocycles. The largest absolute Gasteiger partial charge is 0.497 e. The van der Waals surface area contributed by atoms with Gasteiger partial charge in [0.05, 0.1) is 7.11 Å². The molecule has 5 heteroatoms. The number of methoxy groups -OCH3 is 3. The first kappa shape index (κ1) is 20.9. The second-order valence-electron chi connectivity index (χ2n) is 8.01. The average molecular weight is 412 g/mol. The fraction of sp³-hybridized carbons (Fsp3) is 0.440. The van der Waals surface area contributed by atoms with Crippen molar-refractivity contribution in [2.24, 2.45) is 5.92 Å². The molecule has 1 saturated heterocycles. The van der Waals surface area contributed by atoms with Gasteiger partial charge in [0, 0.05) is 44.5 Å². The van der Waals surface area contributed by atoms with Crippen molar-refractivity contribution >= 4 is 11.3 Å². The Kier molecular flexibility index (Phi) is 6.40. The molecule has 0 unspecified atom stereocenters. The van der Waals surface area contributed by atoms with E-state index in [0.717, 1.165) is 61.3 Å². The molecule has 1 heterocycles. The predicted octanol–water partition coefficient (Wildman–Crippen LogP) is 5.05. The van der Waals surface area contributed by atoms with E-state index in [1.54, 1.807) is 27.4 Å². The summed E-state index contributed by atoms with van der Waals surface area (Å²) in [5, 5.41) is 0. The lowest BCUT2D eigenvalue weighted by molar-refractivity contribution is -0.141. The van der Waals surface area contributed by atoms with E-state index in [1.165, 1.54) is 5.56 Å². The van der Waals surface area contributed by atoms with Crippen molar-refractivity contribution < 1.29 is 18.6 Å². The van der Waals surface area contributed by atoms with Gasteiger partial charge in [-0.25, -0.2) is 4.39 Å². The molecule has 1 fully saturated rings. The number of anilines is 1. The van der Waals surface area contributed by atoms with Crippen molar-refractivity contribution in [2.75, 3.05) is 39.3 Å². The van der Waals surface area contributed by atoms with Gasteiger partial charge in [0.2, 0.25) is 0 Å². The predicted molar refractivity (Wildman–Crippen MR) is 118 cm³/mol. The molecule has 160 valence electrons. The number of hydrogen-bond donors (Lipinski definition) is 0. The Hall–Kier alpha value is -2.37. The molecule has 0 bridgehead atoms. The van der Waals surface area contributed by atoms with Crippen LogP contribution in [-0.2, 0) is 15.9 Å². The highest BCUT2D eigenvalue weighted by Gasteiger charge is 2.27. The SMILES string of the molecule is COc1ccc2c(c1)CCC=C2c1ccc(N2CCC(C(OC)OC)CC2)cc1F. The summed E-state index contributed by atoms with van der Waals surface area (Å²) in [4.78, 5) is 2.25. The molecular weight excluding hydrogens is 381 g/mol. The molecule has 2 aromatic rings. The minimum atomic E-state index is -0.170. The van der Waals surface area contributed by atoms with Crippen LogP contribution < -0.4 is 9.64 Å². The fourth-order valence-electron chi connectivity index (χ4n) is 4.73. The third kappa shape index (κ3) is 4.09. The second kappa shape index (κ2) is 9.19. The van der Waals surface area contributed by atoms with Gasteiger partial charge < -0.3 is 19.1 Å². The second-order valence-corrected chi connectivity index (χ2v) is 8.01. The molecule has 0 saturated carbocycles. The van der Waals surface area contributed by atoms with Crippen molar-refractivity contribution in [1.29, 1.82) is 0 Å². The summed E-state index contributed by atoms with van der Waals surface area (Å²) < 4.78 is 31.4. The lowest BCUT2D eigenvalue weighted by Crippen LogP contribution is -2.39. The quantitative estimate of drug-likeness (QED) is 0.623. The fourth-order valence-corrected chi connectivity index (χ4v) is 4.73. The Morgan fingerprint density at radius 2 is 1.70 bits per heavy atom. The number of piperidine rings is 1. The van der Waals surface area contributed by atoms with E-state index in [9.17, 15) is 0 Å². The number of hydrogen-bond acceptors (Lipinski definition) is 4. The lowest BCUT2D eigenvalue weighted by Gasteiger charge is -2.36. The first-order valence-electron chi connectivity index (χ1n) is 10.6. The molecule has 4 rings (SSSR count). The normalized spacial score (nSPS) is 17.1. The number of nitrogens with zero attached hydrogens (tertiary/aromatic N) is 1. The van der Waals surface area contributed by atoms with Crippen LogP contribution in [0.4, 0.5) is 10.1 Å². The highest BCUT2D eigenvalue weighted by Crippen LogP contribution is 2.36. The maximum Gasteiger partial charge on any atom is 0.159 e. The summed E-state index contributed by atoms with van der Waals surface area (Å²) in [5.41, 5.74) is 4.89. The van der Waals surface area contributed by atoms with Crippen molar-refractivity contribution in [3.63, 3.8) is 0 Å². The smallest absolute Gasteiger partial charge is 0.159 e. The number of allylic oxidation sites excluding steroid dienone is 1. The molecule has 4 nitrogen and oxygen atoms in total. The molecule has 0 aromatic heterocycles. The third-order valence-corrected chi connectivity index (χ3v) is 6.36. The molecule has 1 aliphatic heterocycles. The van der Waals surface area contributed by atoms with Gasteiger partial charge in [0.15, 0.2) is 6.29 Å². The molecule has 2 aliphatic rings. The highest BCUT2D eigenvalue weighted by molar-refractivity contribution is 5.83. The minimum Gasteiger partial charge on any atom is -0.497 e. The zero-order valence-corrected chi connectivity index (χ0v) is 18.0. The van der Waals surface area contributed by atoms with E-state index >= 15 is 4.39 Å². The molecular formula is C25H30FNO3. The summed E-state index contributed by atoms with van der Waals surface area (Å²) in [6, 6.07) is 11.7. The van der Waals surface area contributed by atoms with Crippen molar-refractivity contribution in [1.82, 2.24) is 0 Å². The molecule has 0 radical (unpaired) electrons. The summed E-state index contributed by atoms with van der Waals surface area (Å²) in [6.07, 6.45) is 5.78. The molecule has 0 spiro atoms. The van der Waals surface area contributed by atoms with E-state index in [0.29, 0.717) is 11.5 Å². The van der Waals surface area contributed by atoms with Gasteiger partial charge in [0.25, 0.3) is 0 Å². The number of ether oxygens (including phenoxy) is 3. The average Bonchev–Trinajstić information content (AvgIpc) is 2.79. The number of rotatable bonds is 6. The summed E-state index contributed by atoms with van der Waals surface area (Å²) in [5.74, 6) is 1.05. The van der Waals surface area contributed by atoms with E-state index < -0.39 is 0 Å². The maximum atomic E-state index is 15.2. The van der Waals surface area contributed by atoms with Gasteiger partial charge in [-0.1, -0.05) is 12.1 Å². The topological polar surface area (TPSA) is 30.9 Å². The van der Waals surface area contributed by atoms with E-state index in [4.69, 9.17) is 14.2 Å². The molecule has 0 amide bonds. The van der Waals surface area contributed by atoms with Gasteiger partial charge in [0.1, 0.15) is 11.6 Å².